The number of hydrogen-bond acceptors (Lipinski definition) is 6. The number of anilines is 1. The van der Waals surface area contributed by atoms with Gasteiger partial charge in [0, 0.05) is 26.0 Å². The minimum atomic E-state index is -1.37. The van der Waals surface area contributed by atoms with Crippen LogP contribution in [0.1, 0.15) is 37.0 Å². The topological polar surface area (TPSA) is 91.3 Å². The summed E-state index contributed by atoms with van der Waals surface area (Å²) in [6.07, 6.45) is 0.604. The van der Waals surface area contributed by atoms with Crippen LogP contribution in [0, 0.1) is 13.8 Å². The quantitative estimate of drug-likeness (QED) is 0.683. The Bertz CT molecular complexity index is 1160. The second kappa shape index (κ2) is 8.90. The monoisotopic (exact) mass is 466 g/mol. The molecule has 0 bridgehead atoms. The number of carbonyl (C=O) groups excluding carboxylic acids is 3. The van der Waals surface area contributed by atoms with Gasteiger partial charge in [-0.1, -0.05) is 29.8 Å². The Hall–Kier alpha value is -3.33. The van der Waals surface area contributed by atoms with Gasteiger partial charge < -0.3 is 15.0 Å². The molecular formula is C24H26N4O4S. The third kappa shape index (κ3) is 4.20. The smallest absolute Gasteiger partial charge is 0.270 e. The maximum Gasteiger partial charge on any atom is 0.270 e. The number of benzene rings is 2. The molecule has 0 fully saturated rings. The van der Waals surface area contributed by atoms with Crippen LogP contribution in [-0.4, -0.2) is 41.0 Å². The highest BCUT2D eigenvalue weighted by Crippen LogP contribution is 2.54. The standard InChI is InChI=1S/C24H26N4O4S/c1-15-7-5-8-19(13-15)32-12-6-11-27-21-10-9-16(2)14-20(21)24(22(27)31)28(18(4)30)26-23(33-24)25-17(3)29/h5,7-10,13-14H,6,11-12H2,1-4H3,(H,25,26,29)/t24-/m1/s1. The minimum absolute atomic E-state index is 0.225. The summed E-state index contributed by atoms with van der Waals surface area (Å²) in [6.45, 7) is 7.53. The van der Waals surface area contributed by atoms with Gasteiger partial charge in [0.15, 0.2) is 5.17 Å². The number of fused-ring (bicyclic) bond motifs is 2. The van der Waals surface area contributed by atoms with Crippen LogP contribution in [0.3, 0.4) is 0 Å². The molecule has 0 radical (unpaired) electrons. The zero-order valence-electron chi connectivity index (χ0n) is 19.0. The summed E-state index contributed by atoms with van der Waals surface area (Å²) in [6, 6.07) is 13.6. The van der Waals surface area contributed by atoms with Gasteiger partial charge in [-0.25, -0.2) is 0 Å². The molecule has 2 aromatic rings. The number of aryl methyl sites for hydroxylation is 2. The van der Waals surface area contributed by atoms with E-state index in [-0.39, 0.29) is 22.9 Å². The third-order valence-electron chi connectivity index (χ3n) is 5.44. The zero-order chi connectivity index (χ0) is 23.8. The van der Waals surface area contributed by atoms with Crippen LogP contribution in [0.5, 0.6) is 5.75 Å². The van der Waals surface area contributed by atoms with E-state index < -0.39 is 4.87 Å². The van der Waals surface area contributed by atoms with E-state index in [1.807, 2.05) is 56.3 Å². The molecule has 2 heterocycles. The normalized spacial score (nSPS) is 19.0. The predicted molar refractivity (Wildman–Crippen MR) is 128 cm³/mol. The second-order valence-corrected chi connectivity index (χ2v) is 9.34. The number of nitrogens with zero attached hydrogens (tertiary/aromatic N) is 3. The van der Waals surface area contributed by atoms with Crippen molar-refractivity contribution in [1.29, 1.82) is 0 Å². The largest absolute Gasteiger partial charge is 0.494 e. The summed E-state index contributed by atoms with van der Waals surface area (Å²) in [4.78, 5) is 38.3. The van der Waals surface area contributed by atoms with Gasteiger partial charge >= 0.3 is 0 Å². The highest BCUT2D eigenvalue weighted by Gasteiger charge is 2.61. The molecular weight excluding hydrogens is 440 g/mol. The number of thioether (sulfide) groups is 1. The number of ether oxygens (including phenoxy) is 1. The fourth-order valence-electron chi connectivity index (χ4n) is 4.07. The molecule has 0 aliphatic carbocycles. The van der Waals surface area contributed by atoms with Crippen molar-refractivity contribution in [2.24, 2.45) is 5.10 Å². The summed E-state index contributed by atoms with van der Waals surface area (Å²) in [5, 5.41) is 8.32. The second-order valence-electron chi connectivity index (χ2n) is 8.16. The molecule has 2 aliphatic heterocycles. The predicted octanol–water partition coefficient (Wildman–Crippen LogP) is 3.27. The first kappa shape index (κ1) is 22.8. The van der Waals surface area contributed by atoms with Crippen LogP contribution in [0.25, 0.3) is 0 Å². The van der Waals surface area contributed by atoms with E-state index in [0.717, 1.165) is 34.3 Å². The van der Waals surface area contributed by atoms with Crippen molar-refractivity contribution in [3.05, 3.63) is 59.2 Å². The Balaban J connectivity index is 1.59. The number of amidine groups is 1. The van der Waals surface area contributed by atoms with Gasteiger partial charge in [-0.05, 0) is 55.8 Å². The lowest BCUT2D eigenvalue weighted by atomic mass is 10.0. The molecule has 0 aromatic heterocycles. The maximum atomic E-state index is 13.8. The van der Waals surface area contributed by atoms with E-state index in [9.17, 15) is 14.4 Å². The summed E-state index contributed by atoms with van der Waals surface area (Å²) in [7, 11) is 0. The molecule has 1 spiro atoms. The first-order valence-electron chi connectivity index (χ1n) is 10.7. The number of amides is 3. The Kier molecular flexibility index (Phi) is 6.16. The van der Waals surface area contributed by atoms with Gasteiger partial charge in [-0.3, -0.25) is 14.4 Å². The van der Waals surface area contributed by atoms with Gasteiger partial charge in [0.05, 0.1) is 12.3 Å². The molecule has 1 atom stereocenters. The van der Waals surface area contributed by atoms with Crippen LogP contribution in [-0.2, 0) is 19.3 Å². The van der Waals surface area contributed by atoms with E-state index in [1.165, 1.54) is 18.9 Å². The first-order valence-corrected chi connectivity index (χ1v) is 11.5. The lowest BCUT2D eigenvalue weighted by molar-refractivity contribution is -0.139. The molecule has 4 rings (SSSR count). The summed E-state index contributed by atoms with van der Waals surface area (Å²) in [5.41, 5.74) is 3.50. The fourth-order valence-corrected chi connectivity index (χ4v) is 5.39. The molecule has 0 saturated carbocycles. The summed E-state index contributed by atoms with van der Waals surface area (Å²) < 4.78 is 5.85. The Morgan fingerprint density at radius 1 is 1.12 bits per heavy atom. The highest BCUT2D eigenvalue weighted by atomic mass is 32.2. The van der Waals surface area contributed by atoms with E-state index in [0.29, 0.717) is 25.1 Å². The van der Waals surface area contributed by atoms with Crippen molar-refractivity contribution < 1.29 is 19.1 Å². The molecule has 9 heteroatoms. The lowest BCUT2D eigenvalue weighted by Gasteiger charge is -2.29. The van der Waals surface area contributed by atoms with Crippen LogP contribution in [0.4, 0.5) is 5.69 Å². The number of hydrazone groups is 1. The summed E-state index contributed by atoms with van der Waals surface area (Å²) in [5.74, 6) is -0.171. The molecule has 172 valence electrons. The van der Waals surface area contributed by atoms with Crippen LogP contribution in [0.15, 0.2) is 47.6 Å². The van der Waals surface area contributed by atoms with Crippen molar-refractivity contribution in [3.63, 3.8) is 0 Å². The van der Waals surface area contributed by atoms with E-state index in [2.05, 4.69) is 10.4 Å². The Labute approximate surface area is 197 Å². The average molecular weight is 467 g/mol. The molecule has 33 heavy (non-hydrogen) atoms. The third-order valence-corrected chi connectivity index (χ3v) is 6.68. The Morgan fingerprint density at radius 3 is 2.58 bits per heavy atom. The molecule has 0 saturated heterocycles. The maximum absolute atomic E-state index is 13.8. The molecule has 8 nitrogen and oxygen atoms in total. The van der Waals surface area contributed by atoms with Crippen molar-refractivity contribution in [2.75, 3.05) is 18.1 Å². The van der Waals surface area contributed by atoms with Gasteiger partial charge in [0.25, 0.3) is 5.91 Å². The molecule has 3 amide bonds. The van der Waals surface area contributed by atoms with Gasteiger partial charge in [0.1, 0.15) is 5.75 Å². The van der Waals surface area contributed by atoms with Gasteiger partial charge in [-0.15, -0.1) is 5.10 Å². The van der Waals surface area contributed by atoms with Crippen molar-refractivity contribution in [2.45, 2.75) is 39.0 Å². The summed E-state index contributed by atoms with van der Waals surface area (Å²) >= 11 is 1.09. The van der Waals surface area contributed by atoms with E-state index in [4.69, 9.17) is 4.74 Å². The van der Waals surface area contributed by atoms with Crippen LogP contribution < -0.4 is 15.0 Å². The molecule has 0 unspecified atom stereocenters. The minimum Gasteiger partial charge on any atom is -0.494 e. The Morgan fingerprint density at radius 2 is 1.88 bits per heavy atom. The van der Waals surface area contributed by atoms with Crippen LogP contribution in [0.2, 0.25) is 0 Å². The number of nitrogens with one attached hydrogen (secondary N) is 1. The van der Waals surface area contributed by atoms with Gasteiger partial charge in [0.2, 0.25) is 16.7 Å². The molecule has 1 N–H and O–H groups in total. The number of hydrogen-bond donors (Lipinski definition) is 1. The van der Waals surface area contributed by atoms with Crippen molar-refractivity contribution in [1.82, 2.24) is 10.3 Å². The molecule has 2 aromatic carbocycles. The number of rotatable bonds is 5. The highest BCUT2D eigenvalue weighted by molar-refractivity contribution is 8.15. The zero-order valence-corrected chi connectivity index (χ0v) is 19.9. The van der Waals surface area contributed by atoms with E-state index in [1.54, 1.807) is 4.90 Å². The lowest BCUT2D eigenvalue weighted by Crippen LogP contribution is -2.48. The molecule has 2 aliphatic rings. The average Bonchev–Trinajstić information content (AvgIpc) is 3.23. The first-order chi connectivity index (χ1) is 15.7. The number of carbonyl (C=O) groups is 3. The van der Waals surface area contributed by atoms with Crippen LogP contribution >= 0.6 is 11.8 Å². The van der Waals surface area contributed by atoms with Crippen molar-refractivity contribution >= 4 is 40.3 Å². The van der Waals surface area contributed by atoms with Gasteiger partial charge in [-0.2, -0.15) is 5.01 Å². The van der Waals surface area contributed by atoms with E-state index >= 15 is 0 Å². The SMILES string of the molecule is CC(=O)NC1=NN(C(C)=O)[C@]2(S1)C(=O)N(CCCOc1cccc(C)c1)c1ccc(C)cc12. The fraction of sp³-hybridized carbons (Fsp3) is 0.333. The van der Waals surface area contributed by atoms with Crippen molar-refractivity contribution in [3.8, 4) is 5.75 Å².